The molecule has 1 aliphatic heterocycles. The van der Waals surface area contributed by atoms with Gasteiger partial charge in [-0.15, -0.1) is 0 Å². The molecular formula is C22H25FO2. The highest BCUT2D eigenvalue weighted by Gasteiger charge is 2.30. The molecule has 0 fully saturated rings. The van der Waals surface area contributed by atoms with E-state index in [1.54, 1.807) is 6.07 Å². The molecule has 0 saturated heterocycles. The van der Waals surface area contributed by atoms with Crippen LogP contribution in [0.15, 0.2) is 36.4 Å². The van der Waals surface area contributed by atoms with E-state index in [9.17, 15) is 9.18 Å². The minimum Gasteiger partial charge on any atom is -0.423 e. The van der Waals surface area contributed by atoms with Crippen LogP contribution in [0.25, 0.3) is 11.1 Å². The summed E-state index contributed by atoms with van der Waals surface area (Å²) in [5.41, 5.74) is 3.35. The Balaban J connectivity index is 1.84. The highest BCUT2D eigenvalue weighted by atomic mass is 19.1. The number of hydrogen-bond acceptors (Lipinski definition) is 2. The molecule has 1 aliphatic rings. The highest BCUT2D eigenvalue weighted by Crippen LogP contribution is 2.37. The second-order valence-corrected chi connectivity index (χ2v) is 6.80. The van der Waals surface area contributed by atoms with E-state index in [4.69, 9.17) is 4.74 Å². The third-order valence-electron chi connectivity index (χ3n) is 5.01. The van der Waals surface area contributed by atoms with Crippen LogP contribution in [0.3, 0.4) is 0 Å². The van der Waals surface area contributed by atoms with Crippen LogP contribution in [-0.4, -0.2) is 5.97 Å². The molecule has 0 spiro atoms. The lowest BCUT2D eigenvalue weighted by Crippen LogP contribution is -2.27. The molecular weight excluding hydrogens is 315 g/mol. The van der Waals surface area contributed by atoms with E-state index in [0.717, 1.165) is 17.5 Å². The fourth-order valence-corrected chi connectivity index (χ4v) is 3.36. The Morgan fingerprint density at radius 3 is 2.52 bits per heavy atom. The Hall–Kier alpha value is -2.16. The molecule has 3 heteroatoms. The van der Waals surface area contributed by atoms with E-state index in [0.29, 0.717) is 18.4 Å². The van der Waals surface area contributed by atoms with Crippen molar-refractivity contribution in [2.45, 2.75) is 52.4 Å². The van der Waals surface area contributed by atoms with E-state index in [-0.39, 0.29) is 17.6 Å². The van der Waals surface area contributed by atoms with Crippen molar-refractivity contribution in [1.29, 1.82) is 0 Å². The molecule has 2 aromatic rings. The summed E-state index contributed by atoms with van der Waals surface area (Å²) in [6.45, 7) is 4.14. The lowest BCUT2D eigenvalue weighted by molar-refractivity contribution is -0.140. The van der Waals surface area contributed by atoms with Gasteiger partial charge in [0.25, 0.3) is 0 Å². The van der Waals surface area contributed by atoms with Gasteiger partial charge in [0, 0.05) is 5.56 Å². The Morgan fingerprint density at radius 2 is 1.84 bits per heavy atom. The van der Waals surface area contributed by atoms with Crippen LogP contribution in [0.5, 0.6) is 5.75 Å². The summed E-state index contributed by atoms with van der Waals surface area (Å²) in [6.07, 6.45) is 5.93. The Labute approximate surface area is 149 Å². The lowest BCUT2D eigenvalue weighted by atomic mass is 9.91. The molecule has 1 unspecified atom stereocenters. The smallest absolute Gasteiger partial charge is 0.314 e. The molecule has 0 amide bonds. The highest BCUT2D eigenvalue weighted by molar-refractivity contribution is 5.79. The second-order valence-electron chi connectivity index (χ2n) is 6.80. The number of rotatable bonds is 6. The van der Waals surface area contributed by atoms with Crippen molar-refractivity contribution in [3.63, 3.8) is 0 Å². The summed E-state index contributed by atoms with van der Waals surface area (Å²) in [5.74, 6) is -0.809. The maximum Gasteiger partial charge on any atom is 0.314 e. The second kappa shape index (κ2) is 7.81. The molecule has 0 aliphatic carbocycles. The van der Waals surface area contributed by atoms with E-state index >= 15 is 0 Å². The van der Waals surface area contributed by atoms with Crippen molar-refractivity contribution < 1.29 is 13.9 Å². The number of unbranched alkanes of at least 4 members (excludes halogenated alkanes) is 2. The van der Waals surface area contributed by atoms with Gasteiger partial charge < -0.3 is 4.74 Å². The first kappa shape index (κ1) is 17.7. The predicted molar refractivity (Wildman–Crippen MR) is 98.2 cm³/mol. The molecule has 0 bridgehead atoms. The van der Waals surface area contributed by atoms with Crippen LogP contribution < -0.4 is 4.74 Å². The molecule has 132 valence electrons. The van der Waals surface area contributed by atoms with Gasteiger partial charge in [0.15, 0.2) is 11.6 Å². The molecule has 1 atom stereocenters. The predicted octanol–water partition coefficient (Wildman–Crippen LogP) is 5.71. The molecule has 0 aromatic heterocycles. The van der Waals surface area contributed by atoms with E-state index in [1.807, 2.05) is 25.1 Å². The number of esters is 1. The SMILES string of the molecule is CCCCCc1ccc(-c2ccc3c(c2F)OC(=O)C(CC)C3)cc1. The molecule has 0 saturated carbocycles. The first-order chi connectivity index (χ1) is 12.1. The summed E-state index contributed by atoms with van der Waals surface area (Å²) in [5, 5.41) is 0. The molecule has 0 radical (unpaired) electrons. The van der Waals surface area contributed by atoms with Crippen LogP contribution in [0.4, 0.5) is 4.39 Å². The van der Waals surface area contributed by atoms with Gasteiger partial charge in [-0.05, 0) is 42.4 Å². The molecule has 3 rings (SSSR count). The Kier molecular flexibility index (Phi) is 5.52. The summed E-state index contributed by atoms with van der Waals surface area (Å²) in [7, 11) is 0. The normalized spacial score (nSPS) is 16.4. The molecule has 2 aromatic carbocycles. The van der Waals surface area contributed by atoms with Crippen molar-refractivity contribution in [3.05, 3.63) is 53.3 Å². The van der Waals surface area contributed by atoms with Gasteiger partial charge in [-0.2, -0.15) is 0 Å². The average molecular weight is 340 g/mol. The van der Waals surface area contributed by atoms with E-state index < -0.39 is 5.82 Å². The monoisotopic (exact) mass is 340 g/mol. The van der Waals surface area contributed by atoms with Gasteiger partial charge in [0.05, 0.1) is 5.92 Å². The topological polar surface area (TPSA) is 26.3 Å². The number of carbonyl (C=O) groups excluding carboxylic acids is 1. The third-order valence-corrected chi connectivity index (χ3v) is 5.01. The molecule has 25 heavy (non-hydrogen) atoms. The van der Waals surface area contributed by atoms with Gasteiger partial charge in [0.2, 0.25) is 0 Å². The number of hydrogen-bond donors (Lipinski definition) is 0. The van der Waals surface area contributed by atoms with Crippen LogP contribution in [0.2, 0.25) is 0 Å². The van der Waals surface area contributed by atoms with Crippen LogP contribution >= 0.6 is 0 Å². The Morgan fingerprint density at radius 1 is 1.08 bits per heavy atom. The number of fused-ring (bicyclic) bond motifs is 1. The average Bonchev–Trinajstić information content (AvgIpc) is 2.63. The number of aryl methyl sites for hydroxylation is 1. The van der Waals surface area contributed by atoms with E-state index in [1.165, 1.54) is 24.8 Å². The zero-order valence-corrected chi connectivity index (χ0v) is 15.0. The van der Waals surface area contributed by atoms with Gasteiger partial charge in [-0.3, -0.25) is 4.79 Å². The standard InChI is InChI=1S/C22H25FO2/c1-3-5-6-7-15-8-10-17(11-9-15)19-13-12-18-14-16(4-2)22(24)25-21(18)20(19)23/h8-13,16H,3-7,14H2,1-2H3. The summed E-state index contributed by atoms with van der Waals surface area (Å²) >= 11 is 0. The van der Waals surface area contributed by atoms with E-state index in [2.05, 4.69) is 19.1 Å². The number of ether oxygens (including phenoxy) is 1. The first-order valence-electron chi connectivity index (χ1n) is 9.26. The van der Waals surface area contributed by atoms with Gasteiger partial charge in [-0.25, -0.2) is 4.39 Å². The molecule has 1 heterocycles. The Bertz CT molecular complexity index is 749. The minimum absolute atomic E-state index is 0.110. The first-order valence-corrected chi connectivity index (χ1v) is 9.26. The third kappa shape index (κ3) is 3.76. The van der Waals surface area contributed by atoms with Gasteiger partial charge in [-0.1, -0.05) is 63.1 Å². The summed E-state index contributed by atoms with van der Waals surface area (Å²) < 4.78 is 20.2. The van der Waals surface area contributed by atoms with Crippen molar-refractivity contribution >= 4 is 5.97 Å². The van der Waals surface area contributed by atoms with Crippen molar-refractivity contribution in [1.82, 2.24) is 0 Å². The number of benzene rings is 2. The van der Waals surface area contributed by atoms with Crippen molar-refractivity contribution in [2.75, 3.05) is 0 Å². The van der Waals surface area contributed by atoms with Crippen molar-refractivity contribution in [3.8, 4) is 16.9 Å². The zero-order chi connectivity index (χ0) is 17.8. The van der Waals surface area contributed by atoms with Crippen LogP contribution in [0.1, 0.15) is 50.7 Å². The molecule has 2 nitrogen and oxygen atoms in total. The van der Waals surface area contributed by atoms with Crippen molar-refractivity contribution in [2.24, 2.45) is 5.92 Å². The lowest BCUT2D eigenvalue weighted by Gasteiger charge is -2.23. The fraction of sp³-hybridized carbons (Fsp3) is 0.409. The minimum atomic E-state index is -0.431. The van der Waals surface area contributed by atoms with Gasteiger partial charge in [0.1, 0.15) is 0 Å². The van der Waals surface area contributed by atoms with Crippen LogP contribution in [-0.2, 0) is 17.6 Å². The number of halogens is 1. The van der Waals surface area contributed by atoms with Crippen LogP contribution in [0, 0.1) is 11.7 Å². The summed E-state index contributed by atoms with van der Waals surface area (Å²) in [6, 6.07) is 11.7. The maximum absolute atomic E-state index is 14.9. The fourth-order valence-electron chi connectivity index (χ4n) is 3.36. The largest absolute Gasteiger partial charge is 0.423 e. The zero-order valence-electron chi connectivity index (χ0n) is 15.0. The quantitative estimate of drug-likeness (QED) is 0.382. The summed E-state index contributed by atoms with van der Waals surface area (Å²) in [4.78, 5) is 12.0. The molecule has 0 N–H and O–H groups in total. The number of carbonyl (C=O) groups is 1. The van der Waals surface area contributed by atoms with Gasteiger partial charge >= 0.3 is 5.97 Å². The maximum atomic E-state index is 14.9.